The number of benzene rings is 2. The van der Waals surface area contributed by atoms with Crippen LogP contribution in [0.2, 0.25) is 0 Å². The highest BCUT2D eigenvalue weighted by Crippen LogP contribution is 2.21. The summed E-state index contributed by atoms with van der Waals surface area (Å²) in [6.07, 6.45) is -1.16. The van der Waals surface area contributed by atoms with E-state index in [1.54, 1.807) is 12.1 Å². The number of carbonyl (C=O) groups is 2. The highest BCUT2D eigenvalue weighted by molar-refractivity contribution is 14.1. The average molecular weight is 466 g/mol. The van der Waals surface area contributed by atoms with Crippen LogP contribution in [0, 0.1) is 3.57 Å². The first-order valence-corrected chi connectivity index (χ1v) is 9.32. The maximum absolute atomic E-state index is 12.6. The molecule has 6 nitrogen and oxygen atoms in total. The molecule has 136 valence electrons. The Morgan fingerprint density at radius 1 is 1.15 bits per heavy atom. The number of ether oxygens (including phenoxy) is 1. The first kappa shape index (κ1) is 18.7. The molecule has 0 unspecified atom stereocenters. The molecule has 0 radical (unpaired) electrons. The van der Waals surface area contributed by atoms with Crippen molar-refractivity contribution < 1.29 is 19.4 Å². The summed E-state index contributed by atoms with van der Waals surface area (Å²) in [7, 11) is 0. The minimum Gasteiger partial charge on any atom is -0.445 e. The van der Waals surface area contributed by atoms with Crippen LogP contribution in [0.25, 0.3) is 0 Å². The standard InChI is InChI=1S/C19H19IN2O4/c20-14-6-8-15(9-7-14)21-18(24)17-10-16(23)11-22(17)19(25)26-12-13-4-2-1-3-5-13/h1-9,16-17,23H,10-12H2,(H,21,24)/t16-,17-/m1/s1. The number of aliphatic hydroxyl groups is 1. The van der Waals surface area contributed by atoms with Crippen LogP contribution < -0.4 is 5.32 Å². The quantitative estimate of drug-likeness (QED) is 0.680. The molecule has 1 fully saturated rings. The van der Waals surface area contributed by atoms with Crippen molar-refractivity contribution in [3.05, 3.63) is 63.7 Å². The smallest absolute Gasteiger partial charge is 0.410 e. The largest absolute Gasteiger partial charge is 0.445 e. The van der Waals surface area contributed by atoms with Crippen LogP contribution >= 0.6 is 22.6 Å². The highest BCUT2D eigenvalue weighted by atomic mass is 127. The molecule has 26 heavy (non-hydrogen) atoms. The summed E-state index contributed by atoms with van der Waals surface area (Å²) in [5.41, 5.74) is 1.51. The third kappa shape index (κ3) is 4.73. The van der Waals surface area contributed by atoms with Gasteiger partial charge in [0, 0.05) is 15.7 Å². The number of aliphatic hydroxyl groups excluding tert-OH is 1. The van der Waals surface area contributed by atoms with Gasteiger partial charge < -0.3 is 15.2 Å². The molecule has 2 aromatic rings. The number of amides is 2. The summed E-state index contributed by atoms with van der Waals surface area (Å²) in [5.74, 6) is -0.334. The van der Waals surface area contributed by atoms with Crippen molar-refractivity contribution in [3.63, 3.8) is 0 Å². The van der Waals surface area contributed by atoms with Crippen molar-refractivity contribution in [1.29, 1.82) is 0 Å². The van der Waals surface area contributed by atoms with Gasteiger partial charge in [-0.3, -0.25) is 9.69 Å². The second-order valence-electron chi connectivity index (χ2n) is 6.09. The van der Waals surface area contributed by atoms with Gasteiger partial charge in [-0.1, -0.05) is 30.3 Å². The van der Waals surface area contributed by atoms with Gasteiger partial charge in [0.05, 0.1) is 12.6 Å². The number of carbonyl (C=O) groups excluding carboxylic acids is 2. The van der Waals surface area contributed by atoms with Crippen molar-refractivity contribution in [2.75, 3.05) is 11.9 Å². The summed E-state index contributed by atoms with van der Waals surface area (Å²) in [6, 6.07) is 15.9. The Balaban J connectivity index is 1.62. The van der Waals surface area contributed by atoms with Crippen molar-refractivity contribution in [2.45, 2.75) is 25.2 Å². The lowest BCUT2D eigenvalue weighted by Gasteiger charge is -2.23. The predicted molar refractivity (Wildman–Crippen MR) is 106 cm³/mol. The van der Waals surface area contributed by atoms with Gasteiger partial charge >= 0.3 is 6.09 Å². The Hall–Kier alpha value is -2.13. The molecule has 1 heterocycles. The third-order valence-corrected chi connectivity index (χ3v) is 4.85. The Labute approximate surface area is 165 Å². The lowest BCUT2D eigenvalue weighted by Crippen LogP contribution is -2.43. The van der Waals surface area contributed by atoms with Gasteiger partial charge in [0.25, 0.3) is 0 Å². The molecule has 0 spiro atoms. The fourth-order valence-electron chi connectivity index (χ4n) is 2.83. The minimum absolute atomic E-state index is 0.0817. The number of nitrogens with one attached hydrogen (secondary N) is 1. The molecule has 3 rings (SSSR count). The van der Waals surface area contributed by atoms with Crippen LogP contribution in [0.1, 0.15) is 12.0 Å². The zero-order valence-electron chi connectivity index (χ0n) is 14.0. The fraction of sp³-hybridized carbons (Fsp3) is 0.263. The van der Waals surface area contributed by atoms with Gasteiger partial charge in [-0.15, -0.1) is 0 Å². The average Bonchev–Trinajstić information content (AvgIpc) is 3.04. The van der Waals surface area contributed by atoms with Gasteiger partial charge in [0.1, 0.15) is 12.6 Å². The lowest BCUT2D eigenvalue weighted by molar-refractivity contribution is -0.120. The SMILES string of the molecule is O=C(Nc1ccc(I)cc1)[C@H]1C[C@@H](O)CN1C(=O)OCc1ccccc1. The Morgan fingerprint density at radius 3 is 2.54 bits per heavy atom. The van der Waals surface area contributed by atoms with Gasteiger partial charge in [0.15, 0.2) is 0 Å². The monoisotopic (exact) mass is 466 g/mol. The van der Waals surface area contributed by atoms with Crippen LogP contribution in [-0.4, -0.2) is 40.7 Å². The highest BCUT2D eigenvalue weighted by Gasteiger charge is 2.39. The van der Waals surface area contributed by atoms with E-state index in [4.69, 9.17) is 4.74 Å². The van der Waals surface area contributed by atoms with Crippen LogP contribution in [0.5, 0.6) is 0 Å². The van der Waals surface area contributed by atoms with Gasteiger partial charge in [0.2, 0.25) is 5.91 Å². The molecule has 2 amide bonds. The van der Waals surface area contributed by atoms with Crippen LogP contribution in [0.3, 0.4) is 0 Å². The maximum atomic E-state index is 12.6. The van der Waals surface area contributed by atoms with Crippen molar-refractivity contribution in [1.82, 2.24) is 4.90 Å². The second-order valence-corrected chi connectivity index (χ2v) is 7.34. The van der Waals surface area contributed by atoms with E-state index >= 15 is 0 Å². The van der Waals surface area contributed by atoms with E-state index in [1.165, 1.54) is 4.90 Å². The van der Waals surface area contributed by atoms with E-state index in [0.29, 0.717) is 5.69 Å². The van der Waals surface area contributed by atoms with Crippen molar-refractivity contribution >= 4 is 40.3 Å². The topological polar surface area (TPSA) is 78.9 Å². The fourth-order valence-corrected chi connectivity index (χ4v) is 3.18. The molecule has 2 aromatic carbocycles. The lowest BCUT2D eigenvalue weighted by atomic mass is 10.2. The van der Waals surface area contributed by atoms with Crippen LogP contribution in [0.15, 0.2) is 54.6 Å². The molecule has 0 bridgehead atoms. The van der Waals surface area contributed by atoms with E-state index in [9.17, 15) is 14.7 Å². The Kier molecular flexibility index (Phi) is 6.10. The molecule has 1 aliphatic heterocycles. The molecule has 2 atom stereocenters. The maximum Gasteiger partial charge on any atom is 0.410 e. The van der Waals surface area contributed by atoms with E-state index in [-0.39, 0.29) is 25.5 Å². The number of halogens is 1. The number of anilines is 1. The first-order valence-electron chi connectivity index (χ1n) is 8.25. The normalized spacial score (nSPS) is 19.2. The molecule has 1 saturated heterocycles. The third-order valence-electron chi connectivity index (χ3n) is 4.13. The Bertz CT molecular complexity index is 767. The molecule has 0 aromatic heterocycles. The zero-order valence-corrected chi connectivity index (χ0v) is 16.1. The summed E-state index contributed by atoms with van der Waals surface area (Å²) in [5, 5.41) is 12.7. The van der Waals surface area contributed by atoms with E-state index in [1.807, 2.05) is 42.5 Å². The Morgan fingerprint density at radius 2 is 1.85 bits per heavy atom. The summed E-state index contributed by atoms with van der Waals surface area (Å²) in [6.45, 7) is 0.204. The van der Waals surface area contributed by atoms with Crippen molar-refractivity contribution in [2.24, 2.45) is 0 Å². The van der Waals surface area contributed by atoms with Gasteiger partial charge in [-0.05, 0) is 52.4 Å². The van der Waals surface area contributed by atoms with Crippen LogP contribution in [0.4, 0.5) is 10.5 Å². The van der Waals surface area contributed by atoms with Gasteiger partial charge in [-0.2, -0.15) is 0 Å². The van der Waals surface area contributed by atoms with Crippen molar-refractivity contribution in [3.8, 4) is 0 Å². The molecular formula is C19H19IN2O4. The van der Waals surface area contributed by atoms with Gasteiger partial charge in [-0.25, -0.2) is 4.79 Å². The number of likely N-dealkylation sites (tertiary alicyclic amines) is 1. The zero-order chi connectivity index (χ0) is 18.5. The predicted octanol–water partition coefficient (Wildman–Crippen LogP) is 3.00. The number of nitrogens with zero attached hydrogens (tertiary/aromatic N) is 1. The molecule has 7 heteroatoms. The molecule has 2 N–H and O–H groups in total. The summed E-state index contributed by atoms with van der Waals surface area (Å²) < 4.78 is 6.36. The van der Waals surface area contributed by atoms with E-state index in [0.717, 1.165) is 9.13 Å². The first-order chi connectivity index (χ1) is 12.5. The number of hydrogen-bond acceptors (Lipinski definition) is 4. The number of hydrogen-bond donors (Lipinski definition) is 2. The molecular weight excluding hydrogens is 447 g/mol. The number of rotatable bonds is 4. The van der Waals surface area contributed by atoms with E-state index in [2.05, 4.69) is 27.9 Å². The molecule has 1 aliphatic rings. The summed E-state index contributed by atoms with van der Waals surface area (Å²) >= 11 is 2.18. The number of β-amino-alcohol motifs (C(OH)–C–C–N with tert-alkyl or cyclic N) is 1. The second kappa shape index (κ2) is 8.50. The van der Waals surface area contributed by atoms with Crippen LogP contribution in [-0.2, 0) is 16.1 Å². The summed E-state index contributed by atoms with van der Waals surface area (Å²) in [4.78, 5) is 26.2. The van der Waals surface area contributed by atoms with E-state index < -0.39 is 18.2 Å². The molecule has 0 saturated carbocycles. The molecule has 0 aliphatic carbocycles. The minimum atomic E-state index is -0.757.